The van der Waals surface area contributed by atoms with Gasteiger partial charge in [0, 0.05) is 24.3 Å². The second-order valence-corrected chi connectivity index (χ2v) is 8.69. The summed E-state index contributed by atoms with van der Waals surface area (Å²) in [5, 5.41) is 2.80. The second kappa shape index (κ2) is 8.39. The second-order valence-electron chi connectivity index (χ2n) is 8.69. The largest absolute Gasteiger partial charge is 0.349 e. The van der Waals surface area contributed by atoms with E-state index in [0.717, 1.165) is 29.5 Å². The fourth-order valence-electron chi connectivity index (χ4n) is 4.23. The number of halogens is 2. The van der Waals surface area contributed by atoms with Crippen molar-refractivity contribution in [1.29, 1.82) is 0 Å². The number of benzene rings is 2. The van der Waals surface area contributed by atoms with Gasteiger partial charge in [-0.05, 0) is 85.2 Å². The molecular weight excluding hydrogens is 424 g/mol. The van der Waals surface area contributed by atoms with Gasteiger partial charge in [0.05, 0.1) is 5.56 Å². The summed E-state index contributed by atoms with van der Waals surface area (Å²) in [6.45, 7) is 2.31. The van der Waals surface area contributed by atoms with Gasteiger partial charge in [-0.15, -0.1) is 0 Å². The first-order valence-corrected chi connectivity index (χ1v) is 11.0. The minimum Gasteiger partial charge on any atom is -0.349 e. The molecule has 0 radical (unpaired) electrons. The van der Waals surface area contributed by atoms with Crippen LogP contribution < -0.4 is 10.2 Å². The summed E-state index contributed by atoms with van der Waals surface area (Å²) >= 11 is 0. The van der Waals surface area contributed by atoms with Crippen LogP contribution in [0.25, 0.3) is 0 Å². The van der Waals surface area contributed by atoms with Crippen LogP contribution in [0.5, 0.6) is 0 Å². The van der Waals surface area contributed by atoms with Crippen molar-refractivity contribution in [2.45, 2.75) is 38.6 Å². The fraction of sp³-hybridized carbons (Fsp3) is 0.269. The van der Waals surface area contributed by atoms with Crippen LogP contribution in [0.3, 0.4) is 0 Å². The molecule has 2 aromatic carbocycles. The van der Waals surface area contributed by atoms with Crippen molar-refractivity contribution >= 4 is 17.6 Å². The molecule has 1 N–H and O–H groups in total. The van der Waals surface area contributed by atoms with Crippen molar-refractivity contribution < 1.29 is 18.4 Å². The Hall–Kier alpha value is -3.61. The number of fused-ring (bicyclic) bond motifs is 1. The zero-order valence-corrected chi connectivity index (χ0v) is 18.2. The highest BCUT2D eigenvalue weighted by Gasteiger charge is 2.29. The lowest BCUT2D eigenvalue weighted by atomic mass is 9.90. The van der Waals surface area contributed by atoms with Gasteiger partial charge >= 0.3 is 0 Å². The molecule has 33 heavy (non-hydrogen) atoms. The maximum atomic E-state index is 14.6. The molecule has 7 heteroatoms. The number of nitrogens with one attached hydrogen (secondary N) is 1. The zero-order valence-electron chi connectivity index (χ0n) is 18.2. The average molecular weight is 447 g/mol. The van der Waals surface area contributed by atoms with E-state index in [9.17, 15) is 18.4 Å². The normalized spacial score (nSPS) is 15.4. The molecule has 1 fully saturated rings. The molecule has 1 aliphatic carbocycles. The third kappa shape index (κ3) is 4.23. The highest BCUT2D eigenvalue weighted by Crippen LogP contribution is 2.28. The highest BCUT2D eigenvalue weighted by molar-refractivity contribution is 6.08. The summed E-state index contributed by atoms with van der Waals surface area (Å²) in [4.78, 5) is 30.8. The summed E-state index contributed by atoms with van der Waals surface area (Å²) in [5.41, 5.74) is 4.03. The molecule has 2 heterocycles. The molecule has 0 spiro atoms. The molecule has 168 valence electrons. The van der Waals surface area contributed by atoms with Crippen molar-refractivity contribution in [1.82, 2.24) is 10.3 Å². The van der Waals surface area contributed by atoms with Gasteiger partial charge in [-0.2, -0.15) is 0 Å². The van der Waals surface area contributed by atoms with Gasteiger partial charge in [-0.1, -0.05) is 12.1 Å². The van der Waals surface area contributed by atoms with E-state index in [4.69, 9.17) is 0 Å². The van der Waals surface area contributed by atoms with Crippen LogP contribution in [0.15, 0.2) is 48.7 Å². The van der Waals surface area contributed by atoms with Crippen molar-refractivity contribution in [2.24, 2.45) is 0 Å². The molecule has 5 nitrogen and oxygen atoms in total. The van der Waals surface area contributed by atoms with Crippen LogP contribution in [-0.2, 0) is 12.8 Å². The van der Waals surface area contributed by atoms with Gasteiger partial charge in [-0.3, -0.25) is 14.5 Å². The van der Waals surface area contributed by atoms with E-state index in [2.05, 4.69) is 10.3 Å². The zero-order chi connectivity index (χ0) is 23.1. The molecule has 0 atom stereocenters. The Morgan fingerprint density at radius 3 is 2.70 bits per heavy atom. The molecule has 0 unspecified atom stereocenters. The van der Waals surface area contributed by atoms with Crippen molar-refractivity contribution in [3.8, 4) is 0 Å². The molecule has 3 aromatic rings. The topological polar surface area (TPSA) is 62.3 Å². The van der Waals surface area contributed by atoms with Gasteiger partial charge < -0.3 is 5.32 Å². The van der Waals surface area contributed by atoms with Gasteiger partial charge in [0.2, 0.25) is 0 Å². The lowest BCUT2D eigenvalue weighted by molar-refractivity contribution is 0.0945. The summed E-state index contributed by atoms with van der Waals surface area (Å²) in [6, 6.07) is 11.3. The predicted octanol–water partition coefficient (Wildman–Crippen LogP) is 4.35. The summed E-state index contributed by atoms with van der Waals surface area (Å²) < 4.78 is 28.9. The minimum atomic E-state index is -0.561. The van der Waals surface area contributed by atoms with Crippen LogP contribution in [0.1, 0.15) is 55.8 Å². The van der Waals surface area contributed by atoms with Crippen LogP contribution in [-0.4, -0.2) is 29.4 Å². The van der Waals surface area contributed by atoms with E-state index < -0.39 is 11.6 Å². The number of carbonyl (C=O) groups excluding carboxylic acids is 2. The Morgan fingerprint density at radius 2 is 1.97 bits per heavy atom. The van der Waals surface area contributed by atoms with E-state index in [1.165, 1.54) is 35.4 Å². The summed E-state index contributed by atoms with van der Waals surface area (Å²) in [7, 11) is 0. The molecule has 1 aliphatic heterocycles. The maximum Gasteiger partial charge on any atom is 0.259 e. The van der Waals surface area contributed by atoms with Crippen LogP contribution in [0.4, 0.5) is 14.6 Å². The van der Waals surface area contributed by atoms with Crippen LogP contribution in [0, 0.1) is 18.6 Å². The quantitative estimate of drug-likeness (QED) is 0.633. The average Bonchev–Trinajstić information content (AvgIpc) is 3.60. The fourth-order valence-corrected chi connectivity index (χ4v) is 4.23. The smallest absolute Gasteiger partial charge is 0.259 e. The number of hydrogen-bond acceptors (Lipinski definition) is 3. The number of anilines is 1. The van der Waals surface area contributed by atoms with Gasteiger partial charge in [0.25, 0.3) is 11.8 Å². The molecule has 2 amide bonds. The van der Waals surface area contributed by atoms with Gasteiger partial charge in [0.1, 0.15) is 5.82 Å². The van der Waals surface area contributed by atoms with E-state index in [0.29, 0.717) is 30.5 Å². The number of rotatable bonds is 5. The Balaban J connectivity index is 1.40. The molecular formula is C26H23F2N3O2. The number of carbonyl (C=O) groups is 2. The Kier molecular flexibility index (Phi) is 5.40. The number of hydrogen-bond donors (Lipinski definition) is 1. The van der Waals surface area contributed by atoms with E-state index >= 15 is 0 Å². The lowest BCUT2D eigenvalue weighted by Crippen LogP contribution is -2.39. The number of aryl methyl sites for hydroxylation is 1. The Morgan fingerprint density at radius 1 is 1.15 bits per heavy atom. The summed E-state index contributed by atoms with van der Waals surface area (Å²) in [5.74, 6) is -1.76. The molecule has 1 aromatic heterocycles. The molecule has 0 saturated heterocycles. The lowest BCUT2D eigenvalue weighted by Gasteiger charge is -2.29. The first-order valence-electron chi connectivity index (χ1n) is 11.0. The van der Waals surface area contributed by atoms with Crippen molar-refractivity contribution in [3.05, 3.63) is 93.7 Å². The van der Waals surface area contributed by atoms with Crippen molar-refractivity contribution in [2.75, 3.05) is 11.4 Å². The number of amides is 2. The molecule has 0 bridgehead atoms. The third-order valence-corrected chi connectivity index (χ3v) is 6.22. The van der Waals surface area contributed by atoms with E-state index in [-0.39, 0.29) is 29.2 Å². The molecule has 5 rings (SSSR count). The van der Waals surface area contributed by atoms with Gasteiger partial charge in [-0.25, -0.2) is 13.8 Å². The maximum absolute atomic E-state index is 14.6. The third-order valence-electron chi connectivity index (χ3n) is 6.22. The first kappa shape index (κ1) is 21.2. The predicted molar refractivity (Wildman–Crippen MR) is 120 cm³/mol. The number of pyridine rings is 1. The molecule has 1 saturated carbocycles. The van der Waals surface area contributed by atoms with Crippen LogP contribution >= 0.6 is 0 Å². The van der Waals surface area contributed by atoms with Crippen LogP contribution in [0.2, 0.25) is 0 Å². The highest BCUT2D eigenvalue weighted by atomic mass is 19.1. The Bertz CT molecular complexity index is 1270. The number of aromatic nitrogens is 1. The van der Waals surface area contributed by atoms with Gasteiger partial charge in [0.15, 0.2) is 11.6 Å². The SMILES string of the molecule is Cc1cc2c(cc1Cc1ccc(C(=O)NC3CC3)c(F)c1)C(=O)N(c1ncccc1F)CC2. The van der Waals surface area contributed by atoms with E-state index in [1.54, 1.807) is 6.07 Å². The number of nitrogens with zero attached hydrogens (tertiary/aromatic N) is 2. The molecule has 2 aliphatic rings. The van der Waals surface area contributed by atoms with E-state index in [1.807, 2.05) is 19.1 Å². The first-order chi connectivity index (χ1) is 15.9. The monoisotopic (exact) mass is 447 g/mol. The standard InChI is InChI=1S/C26H23F2N3O2/c1-15-11-17-8-10-31(24-22(27)3-2-9-29-24)26(33)21(17)14-18(15)12-16-4-7-20(23(28)13-16)25(32)30-19-5-6-19/h2-4,7,9,11,13-14,19H,5-6,8,10,12H2,1H3,(H,30,32). The Labute approximate surface area is 190 Å². The summed E-state index contributed by atoms with van der Waals surface area (Å²) in [6.07, 6.45) is 4.34. The van der Waals surface area contributed by atoms with Crippen molar-refractivity contribution in [3.63, 3.8) is 0 Å². The minimum absolute atomic E-state index is 0.0254.